The Morgan fingerprint density at radius 2 is 1.86 bits per heavy atom. The van der Waals surface area contributed by atoms with Gasteiger partial charge in [-0.2, -0.15) is 0 Å². The molecule has 4 amide bonds. The third-order valence-electron chi connectivity index (χ3n) is 2.90. The molecule has 1 N–H and O–H groups in total. The van der Waals surface area contributed by atoms with Crippen LogP contribution in [0.25, 0.3) is 6.08 Å². The van der Waals surface area contributed by atoms with Crippen molar-refractivity contribution >= 4 is 45.5 Å². The van der Waals surface area contributed by atoms with Gasteiger partial charge in [0.2, 0.25) is 0 Å². The third kappa shape index (κ3) is 2.56. The molecule has 1 aliphatic heterocycles. The van der Waals surface area contributed by atoms with Gasteiger partial charge in [-0.25, -0.2) is 9.69 Å². The van der Waals surface area contributed by atoms with Gasteiger partial charge in [0, 0.05) is 12.4 Å². The molecule has 0 unspecified atom stereocenters. The van der Waals surface area contributed by atoms with E-state index in [2.05, 4.69) is 26.2 Å². The third-order valence-corrected chi connectivity index (χ3v) is 3.33. The van der Waals surface area contributed by atoms with E-state index in [-0.39, 0.29) is 5.57 Å². The largest absolute Gasteiger partial charge is 0.450 e. The van der Waals surface area contributed by atoms with E-state index in [4.69, 9.17) is 4.42 Å². The Morgan fingerprint density at radius 1 is 1.14 bits per heavy atom. The molecule has 3 rings (SSSR count). The van der Waals surface area contributed by atoms with Crippen molar-refractivity contribution in [3.63, 3.8) is 0 Å². The summed E-state index contributed by atoms with van der Waals surface area (Å²) in [7, 11) is 0. The maximum atomic E-state index is 12.5. The molecule has 0 aromatic carbocycles. The monoisotopic (exact) mass is 361 g/mol. The Balaban J connectivity index is 2.01. The smallest absolute Gasteiger partial charge is 0.335 e. The fraction of sp³-hybridized carbons (Fsp3) is 0. The molecular weight excluding hydrogens is 354 g/mol. The molecule has 1 saturated heterocycles. The number of furan rings is 1. The van der Waals surface area contributed by atoms with E-state index >= 15 is 0 Å². The van der Waals surface area contributed by atoms with Crippen molar-refractivity contribution in [1.29, 1.82) is 0 Å². The number of carbonyl (C=O) groups excluding carboxylic acids is 3. The predicted molar refractivity (Wildman–Crippen MR) is 79.6 cm³/mol. The predicted octanol–water partition coefficient (Wildman–Crippen LogP) is 2.10. The van der Waals surface area contributed by atoms with Crippen LogP contribution in [-0.2, 0) is 9.59 Å². The lowest BCUT2D eigenvalue weighted by molar-refractivity contribution is -0.122. The number of amides is 4. The lowest BCUT2D eigenvalue weighted by Crippen LogP contribution is -2.54. The Hall–Kier alpha value is -2.74. The molecule has 0 spiro atoms. The molecule has 3 heterocycles. The number of nitrogens with zero attached hydrogens (tertiary/aromatic N) is 2. The quantitative estimate of drug-likeness (QED) is 0.653. The van der Waals surface area contributed by atoms with Crippen molar-refractivity contribution in [3.8, 4) is 0 Å². The van der Waals surface area contributed by atoms with E-state index in [0.717, 1.165) is 4.90 Å². The lowest BCUT2D eigenvalue weighted by Gasteiger charge is -2.25. The molecular formula is C14H8BrN3O4. The molecule has 0 atom stereocenters. The van der Waals surface area contributed by atoms with Crippen LogP contribution < -0.4 is 10.2 Å². The highest BCUT2D eigenvalue weighted by Crippen LogP contribution is 2.22. The fourth-order valence-electron chi connectivity index (χ4n) is 1.93. The average Bonchev–Trinajstić information content (AvgIpc) is 2.90. The highest BCUT2D eigenvalue weighted by molar-refractivity contribution is 9.10. The summed E-state index contributed by atoms with van der Waals surface area (Å²) in [6, 6.07) is 5.40. The van der Waals surface area contributed by atoms with Crippen LogP contribution in [0.15, 0.2) is 51.3 Å². The van der Waals surface area contributed by atoms with E-state index in [0.29, 0.717) is 16.1 Å². The standard InChI is InChI=1S/C14H8BrN3O4/c15-11-2-1-9(22-11)7-10-12(19)17-14(21)18(13(10)20)8-3-5-16-6-4-8/h1-7H,(H,17,19,21)/b10-7+. The molecule has 1 fully saturated rings. The van der Waals surface area contributed by atoms with Crippen LogP contribution in [0.5, 0.6) is 0 Å². The number of barbiturate groups is 1. The van der Waals surface area contributed by atoms with Gasteiger partial charge in [0.05, 0.1) is 5.69 Å². The summed E-state index contributed by atoms with van der Waals surface area (Å²) in [5.41, 5.74) is 0.120. The molecule has 0 saturated carbocycles. The first-order valence-electron chi connectivity index (χ1n) is 6.13. The zero-order valence-corrected chi connectivity index (χ0v) is 12.5. The molecule has 8 heteroatoms. The van der Waals surface area contributed by atoms with Crippen LogP contribution in [0, 0.1) is 0 Å². The van der Waals surface area contributed by atoms with Gasteiger partial charge in [-0.3, -0.25) is 19.9 Å². The number of halogens is 1. The number of imide groups is 2. The topological polar surface area (TPSA) is 92.5 Å². The van der Waals surface area contributed by atoms with E-state index in [1.165, 1.54) is 30.6 Å². The molecule has 110 valence electrons. The maximum Gasteiger partial charge on any atom is 0.335 e. The van der Waals surface area contributed by atoms with Crippen molar-refractivity contribution in [2.24, 2.45) is 0 Å². The molecule has 0 bridgehead atoms. The number of aromatic nitrogens is 1. The summed E-state index contributed by atoms with van der Waals surface area (Å²) in [5, 5.41) is 2.12. The van der Waals surface area contributed by atoms with Gasteiger partial charge < -0.3 is 4.42 Å². The fourth-order valence-corrected chi connectivity index (χ4v) is 2.25. The maximum absolute atomic E-state index is 12.5. The molecule has 2 aromatic heterocycles. The summed E-state index contributed by atoms with van der Waals surface area (Å²) in [6.45, 7) is 0. The van der Waals surface area contributed by atoms with Crippen molar-refractivity contribution in [3.05, 3.63) is 52.7 Å². The summed E-state index contributed by atoms with van der Waals surface area (Å²) in [6.07, 6.45) is 4.17. The molecule has 0 aliphatic carbocycles. The van der Waals surface area contributed by atoms with Crippen LogP contribution in [0.4, 0.5) is 10.5 Å². The highest BCUT2D eigenvalue weighted by atomic mass is 79.9. The minimum Gasteiger partial charge on any atom is -0.450 e. The number of anilines is 1. The van der Waals surface area contributed by atoms with E-state index in [1.54, 1.807) is 12.1 Å². The average molecular weight is 362 g/mol. The molecule has 0 radical (unpaired) electrons. The van der Waals surface area contributed by atoms with Crippen molar-refractivity contribution in [2.75, 3.05) is 4.90 Å². The summed E-state index contributed by atoms with van der Waals surface area (Å²) >= 11 is 3.13. The highest BCUT2D eigenvalue weighted by Gasteiger charge is 2.36. The number of pyridine rings is 1. The first kappa shape index (κ1) is 14.2. The SMILES string of the molecule is O=C1NC(=O)N(c2ccncc2)C(=O)/C1=C/c1ccc(Br)o1. The van der Waals surface area contributed by atoms with Crippen LogP contribution >= 0.6 is 15.9 Å². The van der Waals surface area contributed by atoms with Crippen molar-refractivity contribution in [1.82, 2.24) is 10.3 Å². The van der Waals surface area contributed by atoms with Crippen molar-refractivity contribution < 1.29 is 18.8 Å². The van der Waals surface area contributed by atoms with Crippen LogP contribution in [0.3, 0.4) is 0 Å². The Bertz CT molecular complexity index is 797. The minimum absolute atomic E-state index is 0.196. The minimum atomic E-state index is -0.807. The van der Waals surface area contributed by atoms with Gasteiger partial charge in [0.1, 0.15) is 11.3 Å². The van der Waals surface area contributed by atoms with Gasteiger partial charge in [-0.1, -0.05) is 0 Å². The normalized spacial score (nSPS) is 17.0. The summed E-state index contributed by atoms with van der Waals surface area (Å²) < 4.78 is 5.71. The molecule has 2 aromatic rings. The number of urea groups is 1. The first-order valence-corrected chi connectivity index (χ1v) is 6.92. The van der Waals surface area contributed by atoms with Crippen LogP contribution in [-0.4, -0.2) is 22.8 Å². The number of hydrogen-bond acceptors (Lipinski definition) is 5. The van der Waals surface area contributed by atoms with Gasteiger partial charge in [-0.05, 0) is 46.3 Å². The van der Waals surface area contributed by atoms with E-state index < -0.39 is 17.8 Å². The van der Waals surface area contributed by atoms with E-state index in [1.807, 2.05) is 0 Å². The summed E-state index contributed by atoms with van der Waals surface area (Å²) in [5.74, 6) is -1.19. The summed E-state index contributed by atoms with van der Waals surface area (Å²) in [4.78, 5) is 41.0. The molecule has 7 nitrogen and oxygen atoms in total. The number of rotatable bonds is 2. The van der Waals surface area contributed by atoms with Gasteiger partial charge in [0.25, 0.3) is 11.8 Å². The second-order valence-corrected chi connectivity index (χ2v) is 5.09. The Labute approximate surface area is 132 Å². The second kappa shape index (κ2) is 5.57. The number of carbonyl (C=O) groups is 3. The molecule has 22 heavy (non-hydrogen) atoms. The van der Waals surface area contributed by atoms with E-state index in [9.17, 15) is 14.4 Å². The van der Waals surface area contributed by atoms with Crippen LogP contribution in [0.1, 0.15) is 5.76 Å². The Morgan fingerprint density at radius 3 is 2.50 bits per heavy atom. The zero-order chi connectivity index (χ0) is 15.7. The second-order valence-electron chi connectivity index (χ2n) is 4.31. The zero-order valence-electron chi connectivity index (χ0n) is 10.9. The number of nitrogens with one attached hydrogen (secondary N) is 1. The molecule has 1 aliphatic rings. The van der Waals surface area contributed by atoms with Crippen LogP contribution in [0.2, 0.25) is 0 Å². The first-order chi connectivity index (χ1) is 10.6. The van der Waals surface area contributed by atoms with Gasteiger partial charge in [0.15, 0.2) is 4.67 Å². The van der Waals surface area contributed by atoms with Gasteiger partial charge in [-0.15, -0.1) is 0 Å². The Kier molecular flexibility index (Phi) is 3.60. The number of hydrogen-bond donors (Lipinski definition) is 1. The van der Waals surface area contributed by atoms with Crippen molar-refractivity contribution in [2.45, 2.75) is 0 Å². The van der Waals surface area contributed by atoms with Gasteiger partial charge >= 0.3 is 6.03 Å². The lowest BCUT2D eigenvalue weighted by atomic mass is 10.1.